The number of aryl methyl sites for hydroxylation is 1. The largest absolute Gasteiger partial charge is 0.349 e. The van der Waals surface area contributed by atoms with Gasteiger partial charge in [0.2, 0.25) is 10.0 Å². The molecule has 0 aliphatic carbocycles. The number of benzene rings is 3. The Labute approximate surface area is 270 Å². The first-order chi connectivity index (χ1) is 21.4. The molecule has 0 bridgehead atoms. The van der Waals surface area contributed by atoms with Crippen molar-refractivity contribution in [2.75, 3.05) is 24.2 Å². The van der Waals surface area contributed by atoms with Crippen molar-refractivity contribution in [3.63, 3.8) is 0 Å². The molecule has 3 atom stereocenters. The molecular formula is C34H41N5O4S2. The van der Waals surface area contributed by atoms with Crippen LogP contribution in [0.4, 0.5) is 5.69 Å². The van der Waals surface area contributed by atoms with E-state index in [0.717, 1.165) is 32.4 Å². The van der Waals surface area contributed by atoms with Crippen LogP contribution < -0.4 is 20.3 Å². The molecule has 2 amide bonds. The fourth-order valence-corrected chi connectivity index (χ4v) is 6.19. The number of hydrogen-bond donors (Lipinski definition) is 3. The van der Waals surface area contributed by atoms with E-state index in [9.17, 15) is 18.0 Å². The van der Waals surface area contributed by atoms with Crippen LogP contribution in [0.15, 0.2) is 84.2 Å². The highest BCUT2D eigenvalue weighted by Gasteiger charge is 2.22. The highest BCUT2D eigenvalue weighted by Crippen LogP contribution is 2.23. The van der Waals surface area contributed by atoms with Gasteiger partial charge in [0.15, 0.2) is 0 Å². The van der Waals surface area contributed by atoms with Crippen LogP contribution in [0.3, 0.4) is 0 Å². The number of carbonyl (C=O) groups excluding carboxylic acids is 2. The summed E-state index contributed by atoms with van der Waals surface area (Å²) < 4.78 is 25.9. The second kappa shape index (κ2) is 15.3. The molecule has 3 aromatic carbocycles. The number of nitrogens with zero attached hydrogens (tertiary/aromatic N) is 2. The SMILES string of the molecule is Cc1csc(C(C)NCCC(Cc2ccccc2)NC(=O)c2cc(C(=O)NC(C)c3ccccc3)cc(N(C)S(C)(=O)=O)c2)n1. The van der Waals surface area contributed by atoms with E-state index in [-0.39, 0.29) is 34.9 Å². The normalized spacial score (nSPS) is 13.4. The Morgan fingerprint density at radius 1 is 0.889 bits per heavy atom. The Kier molecular flexibility index (Phi) is 11.5. The van der Waals surface area contributed by atoms with Crippen LogP contribution in [-0.2, 0) is 16.4 Å². The first-order valence-corrected chi connectivity index (χ1v) is 17.6. The van der Waals surface area contributed by atoms with Gasteiger partial charge in [-0.2, -0.15) is 0 Å². The Morgan fingerprint density at radius 2 is 1.49 bits per heavy atom. The lowest BCUT2D eigenvalue weighted by Crippen LogP contribution is -2.39. The standard InChI is InChI=1S/C34H41N5O4S2/c1-23-22-44-34(36-23)25(3)35-17-16-30(18-26-12-8-6-9-13-26)38-33(41)29-19-28(20-31(21-29)39(4)45(5,42)43)32(40)37-24(2)27-14-10-7-11-15-27/h6-15,19-22,24-25,30,35H,16-18H2,1-5H3,(H,37,40)(H,38,41). The molecule has 238 valence electrons. The van der Waals surface area contributed by atoms with Gasteiger partial charge in [0.05, 0.1) is 24.0 Å². The molecule has 0 radical (unpaired) electrons. The van der Waals surface area contributed by atoms with Crippen molar-refractivity contribution in [2.45, 2.75) is 51.7 Å². The van der Waals surface area contributed by atoms with Crippen molar-refractivity contribution < 1.29 is 18.0 Å². The molecule has 1 aromatic heterocycles. The lowest BCUT2D eigenvalue weighted by Gasteiger charge is -2.22. The minimum Gasteiger partial charge on any atom is -0.349 e. The first kappa shape index (κ1) is 33.8. The molecule has 0 spiro atoms. The van der Waals surface area contributed by atoms with Gasteiger partial charge in [-0.15, -0.1) is 11.3 Å². The third-order valence-electron chi connectivity index (χ3n) is 7.56. The number of aromatic nitrogens is 1. The number of rotatable bonds is 14. The van der Waals surface area contributed by atoms with Crippen LogP contribution in [0.2, 0.25) is 0 Å². The number of hydrogen-bond acceptors (Lipinski definition) is 7. The molecule has 0 saturated carbocycles. The summed E-state index contributed by atoms with van der Waals surface area (Å²) in [6, 6.07) is 23.5. The summed E-state index contributed by atoms with van der Waals surface area (Å²) in [5.41, 5.74) is 3.58. The Hall–Kier alpha value is -4.06. The Morgan fingerprint density at radius 3 is 2.07 bits per heavy atom. The minimum atomic E-state index is -3.65. The molecule has 0 fully saturated rings. The summed E-state index contributed by atoms with van der Waals surface area (Å²) >= 11 is 1.62. The third kappa shape index (κ3) is 9.71. The Balaban J connectivity index is 1.56. The van der Waals surface area contributed by atoms with Crippen molar-refractivity contribution in [1.29, 1.82) is 0 Å². The van der Waals surface area contributed by atoms with Gasteiger partial charge in [-0.25, -0.2) is 13.4 Å². The van der Waals surface area contributed by atoms with Crippen molar-refractivity contribution >= 4 is 38.9 Å². The summed E-state index contributed by atoms with van der Waals surface area (Å²) in [7, 11) is -2.26. The maximum Gasteiger partial charge on any atom is 0.251 e. The average molecular weight is 648 g/mol. The van der Waals surface area contributed by atoms with Crippen molar-refractivity contribution in [3.05, 3.63) is 117 Å². The van der Waals surface area contributed by atoms with Crippen LogP contribution in [0.5, 0.6) is 0 Å². The van der Waals surface area contributed by atoms with E-state index in [1.54, 1.807) is 11.3 Å². The highest BCUT2D eigenvalue weighted by atomic mass is 32.2. The predicted octanol–water partition coefficient (Wildman–Crippen LogP) is 5.42. The fraction of sp³-hybridized carbons (Fsp3) is 0.324. The zero-order chi connectivity index (χ0) is 32.6. The molecule has 45 heavy (non-hydrogen) atoms. The molecule has 3 N–H and O–H groups in total. The minimum absolute atomic E-state index is 0.0688. The molecule has 4 aromatic rings. The molecular weight excluding hydrogens is 607 g/mol. The predicted molar refractivity (Wildman–Crippen MR) is 181 cm³/mol. The number of carbonyl (C=O) groups is 2. The maximum absolute atomic E-state index is 13.8. The van der Waals surface area contributed by atoms with Gasteiger partial charge in [-0.1, -0.05) is 60.7 Å². The van der Waals surface area contributed by atoms with Gasteiger partial charge in [-0.05, 0) is 69.5 Å². The molecule has 0 saturated heterocycles. The monoisotopic (exact) mass is 647 g/mol. The number of nitrogens with one attached hydrogen (secondary N) is 3. The van der Waals surface area contributed by atoms with Gasteiger partial charge < -0.3 is 16.0 Å². The van der Waals surface area contributed by atoms with Gasteiger partial charge in [0.25, 0.3) is 11.8 Å². The van der Waals surface area contributed by atoms with Crippen molar-refractivity contribution in [2.24, 2.45) is 0 Å². The molecule has 4 rings (SSSR count). The van der Waals surface area contributed by atoms with Crippen LogP contribution in [0.1, 0.15) is 74.9 Å². The van der Waals surface area contributed by atoms with E-state index < -0.39 is 21.8 Å². The quantitative estimate of drug-likeness (QED) is 0.168. The average Bonchev–Trinajstić information content (AvgIpc) is 3.47. The van der Waals surface area contributed by atoms with E-state index in [4.69, 9.17) is 0 Å². The van der Waals surface area contributed by atoms with E-state index in [0.29, 0.717) is 19.4 Å². The molecule has 0 aliphatic heterocycles. The van der Waals surface area contributed by atoms with Crippen molar-refractivity contribution in [1.82, 2.24) is 20.9 Å². The summed E-state index contributed by atoms with van der Waals surface area (Å²) in [5, 5.41) is 12.6. The molecule has 0 aliphatic rings. The number of sulfonamides is 1. The topological polar surface area (TPSA) is 120 Å². The number of anilines is 1. The van der Waals surface area contributed by atoms with Gasteiger partial charge in [0, 0.05) is 35.3 Å². The molecule has 1 heterocycles. The second-order valence-electron chi connectivity index (χ2n) is 11.3. The van der Waals surface area contributed by atoms with E-state index in [1.165, 1.54) is 25.2 Å². The highest BCUT2D eigenvalue weighted by molar-refractivity contribution is 7.92. The van der Waals surface area contributed by atoms with E-state index >= 15 is 0 Å². The van der Waals surface area contributed by atoms with Crippen LogP contribution in [-0.4, -0.2) is 51.1 Å². The van der Waals surface area contributed by atoms with Gasteiger partial charge in [0.1, 0.15) is 5.01 Å². The number of amides is 2. The smallest absolute Gasteiger partial charge is 0.251 e. The Bertz CT molecular complexity index is 1690. The van der Waals surface area contributed by atoms with Crippen molar-refractivity contribution in [3.8, 4) is 0 Å². The molecule has 11 heteroatoms. The summed E-state index contributed by atoms with van der Waals surface area (Å²) in [6.45, 7) is 6.54. The maximum atomic E-state index is 13.8. The van der Waals surface area contributed by atoms with E-state index in [1.807, 2.05) is 79.9 Å². The lowest BCUT2D eigenvalue weighted by atomic mass is 10.0. The van der Waals surface area contributed by atoms with Crippen LogP contribution in [0, 0.1) is 6.92 Å². The summed E-state index contributed by atoms with van der Waals surface area (Å²) in [5.74, 6) is -0.811. The van der Waals surface area contributed by atoms with Gasteiger partial charge in [-0.3, -0.25) is 13.9 Å². The molecule has 9 nitrogen and oxygen atoms in total. The van der Waals surface area contributed by atoms with Crippen LogP contribution in [0.25, 0.3) is 0 Å². The van der Waals surface area contributed by atoms with Crippen LogP contribution >= 0.6 is 11.3 Å². The first-order valence-electron chi connectivity index (χ1n) is 14.9. The number of thiazole rings is 1. The van der Waals surface area contributed by atoms with Gasteiger partial charge >= 0.3 is 0 Å². The second-order valence-corrected chi connectivity index (χ2v) is 14.2. The lowest BCUT2D eigenvalue weighted by molar-refractivity contribution is 0.0934. The van der Waals surface area contributed by atoms with E-state index in [2.05, 4.69) is 27.9 Å². The summed E-state index contributed by atoms with van der Waals surface area (Å²) in [4.78, 5) is 31.7. The third-order valence-corrected chi connectivity index (χ3v) is 9.91. The fourth-order valence-electron chi connectivity index (χ4n) is 4.88. The zero-order valence-electron chi connectivity index (χ0n) is 26.3. The summed E-state index contributed by atoms with van der Waals surface area (Å²) in [6.07, 6.45) is 2.32. The molecule has 3 unspecified atom stereocenters. The zero-order valence-corrected chi connectivity index (χ0v) is 27.9.